The van der Waals surface area contributed by atoms with E-state index in [1.807, 2.05) is 32.9 Å². The fourth-order valence-electron chi connectivity index (χ4n) is 3.07. The van der Waals surface area contributed by atoms with Gasteiger partial charge in [0, 0.05) is 23.3 Å². The van der Waals surface area contributed by atoms with Gasteiger partial charge >= 0.3 is 0 Å². The second kappa shape index (κ2) is 9.90. The Morgan fingerprint density at radius 3 is 1.93 bits per heavy atom. The number of carbonyl (C=O) groups excluding carboxylic acids is 2. The summed E-state index contributed by atoms with van der Waals surface area (Å²) >= 11 is 5.95. The van der Waals surface area contributed by atoms with Gasteiger partial charge in [0.05, 0.1) is 5.54 Å². The molecule has 29 heavy (non-hydrogen) atoms. The van der Waals surface area contributed by atoms with Crippen LogP contribution >= 0.6 is 11.6 Å². The van der Waals surface area contributed by atoms with E-state index in [4.69, 9.17) is 16.3 Å². The summed E-state index contributed by atoms with van der Waals surface area (Å²) in [7, 11) is 1.50. The van der Waals surface area contributed by atoms with E-state index in [2.05, 4.69) is 6.92 Å². The molecule has 0 spiro atoms. The third-order valence-electron chi connectivity index (χ3n) is 4.39. The summed E-state index contributed by atoms with van der Waals surface area (Å²) in [5.41, 5.74) is 1.46. The van der Waals surface area contributed by atoms with Crippen LogP contribution in [0.25, 0.3) is 0 Å². The lowest BCUT2D eigenvalue weighted by Gasteiger charge is -2.43. The SMILES string of the molecule is CCCc1ccc(C(=O)N(COC)N(C(=O)c2ccc(Cl)cc2)C(C)(C)C)cc1. The normalized spacial score (nSPS) is 11.2. The molecule has 2 aromatic carbocycles. The van der Waals surface area contributed by atoms with Gasteiger partial charge in [-0.3, -0.25) is 9.59 Å². The highest BCUT2D eigenvalue weighted by atomic mass is 35.5. The van der Waals surface area contributed by atoms with Gasteiger partial charge in [-0.15, -0.1) is 0 Å². The van der Waals surface area contributed by atoms with E-state index in [0.717, 1.165) is 12.8 Å². The van der Waals surface area contributed by atoms with Crippen molar-refractivity contribution in [3.05, 3.63) is 70.2 Å². The summed E-state index contributed by atoms with van der Waals surface area (Å²) < 4.78 is 5.28. The average molecular weight is 417 g/mol. The number of nitrogens with zero attached hydrogens (tertiary/aromatic N) is 2. The van der Waals surface area contributed by atoms with Crippen LogP contribution in [0.5, 0.6) is 0 Å². The molecule has 156 valence electrons. The Balaban J connectivity index is 2.41. The van der Waals surface area contributed by atoms with Gasteiger partial charge < -0.3 is 4.74 Å². The minimum atomic E-state index is -0.660. The first-order chi connectivity index (χ1) is 13.7. The number of hydrogen-bond acceptors (Lipinski definition) is 3. The van der Waals surface area contributed by atoms with Crippen molar-refractivity contribution in [2.24, 2.45) is 0 Å². The van der Waals surface area contributed by atoms with Crippen molar-refractivity contribution in [3.8, 4) is 0 Å². The predicted molar refractivity (Wildman–Crippen MR) is 116 cm³/mol. The highest BCUT2D eigenvalue weighted by Crippen LogP contribution is 2.23. The molecule has 0 heterocycles. The maximum atomic E-state index is 13.3. The zero-order valence-electron chi connectivity index (χ0n) is 17.7. The van der Waals surface area contributed by atoms with Crippen molar-refractivity contribution in [1.29, 1.82) is 0 Å². The van der Waals surface area contributed by atoms with Gasteiger partial charge in [-0.2, -0.15) is 0 Å². The van der Waals surface area contributed by atoms with Gasteiger partial charge in [0.25, 0.3) is 11.8 Å². The molecule has 0 radical (unpaired) electrons. The molecular formula is C23H29ClN2O3. The van der Waals surface area contributed by atoms with Crippen LogP contribution in [0.4, 0.5) is 0 Å². The van der Waals surface area contributed by atoms with Gasteiger partial charge in [0.2, 0.25) is 0 Å². The van der Waals surface area contributed by atoms with Crippen LogP contribution in [0.15, 0.2) is 48.5 Å². The molecule has 5 nitrogen and oxygen atoms in total. The highest BCUT2D eigenvalue weighted by Gasteiger charge is 2.36. The van der Waals surface area contributed by atoms with Gasteiger partial charge in [0.15, 0.2) is 0 Å². The molecule has 0 aromatic heterocycles. The monoisotopic (exact) mass is 416 g/mol. The Morgan fingerprint density at radius 1 is 0.931 bits per heavy atom. The first-order valence-electron chi connectivity index (χ1n) is 9.68. The van der Waals surface area contributed by atoms with Crippen molar-refractivity contribution in [2.75, 3.05) is 13.8 Å². The zero-order chi connectivity index (χ0) is 21.6. The van der Waals surface area contributed by atoms with Gasteiger partial charge in [-0.25, -0.2) is 10.0 Å². The molecule has 0 unspecified atom stereocenters. The molecule has 0 aliphatic heterocycles. The molecule has 0 aliphatic carbocycles. The maximum absolute atomic E-state index is 13.3. The van der Waals surface area contributed by atoms with Gasteiger partial charge in [-0.05, 0) is 69.2 Å². The number of ether oxygens (including phenoxy) is 1. The molecule has 0 atom stereocenters. The van der Waals surface area contributed by atoms with E-state index < -0.39 is 5.54 Å². The number of hydrazine groups is 1. The second-order valence-corrected chi connectivity index (χ2v) is 8.30. The quantitative estimate of drug-likeness (QED) is 0.480. The summed E-state index contributed by atoms with van der Waals surface area (Å²) in [4.78, 5) is 26.6. The van der Waals surface area contributed by atoms with Gasteiger partial charge in [0.1, 0.15) is 6.73 Å². The Kier molecular flexibility index (Phi) is 7.82. The molecule has 0 saturated carbocycles. The van der Waals surface area contributed by atoms with E-state index >= 15 is 0 Å². The molecule has 2 aromatic rings. The zero-order valence-corrected chi connectivity index (χ0v) is 18.5. The number of carbonyl (C=O) groups is 2. The highest BCUT2D eigenvalue weighted by molar-refractivity contribution is 6.30. The van der Waals surface area contributed by atoms with Crippen LogP contribution in [-0.2, 0) is 11.2 Å². The van der Waals surface area contributed by atoms with E-state index in [-0.39, 0.29) is 18.5 Å². The standard InChI is InChI=1S/C23H29ClN2O3/c1-6-7-17-8-10-18(11-9-17)21(27)25(16-29-5)26(23(2,3)4)22(28)19-12-14-20(24)15-13-19/h8-15H,6-7,16H2,1-5H3. The molecule has 2 rings (SSSR count). The minimum Gasteiger partial charge on any atom is -0.362 e. The van der Waals surface area contributed by atoms with Crippen LogP contribution in [0.1, 0.15) is 60.4 Å². The van der Waals surface area contributed by atoms with Crippen molar-refractivity contribution in [3.63, 3.8) is 0 Å². The summed E-state index contributed by atoms with van der Waals surface area (Å²) in [5.74, 6) is -0.602. The minimum absolute atomic E-state index is 0.0495. The van der Waals surface area contributed by atoms with E-state index in [1.54, 1.807) is 36.4 Å². The number of halogens is 1. The number of amides is 2. The summed E-state index contributed by atoms with van der Waals surface area (Å²) in [6.45, 7) is 7.69. The molecule has 0 fully saturated rings. The predicted octanol–water partition coefficient (Wildman–Crippen LogP) is 5.19. The fraction of sp³-hybridized carbons (Fsp3) is 0.391. The summed E-state index contributed by atoms with van der Waals surface area (Å²) in [5, 5.41) is 3.34. The third-order valence-corrected chi connectivity index (χ3v) is 4.64. The Hall–Kier alpha value is -2.37. The molecule has 0 saturated heterocycles. The lowest BCUT2D eigenvalue weighted by atomic mass is 10.1. The van der Waals surface area contributed by atoms with Crippen molar-refractivity contribution in [1.82, 2.24) is 10.0 Å². The Labute approximate surface area is 178 Å². The fourth-order valence-corrected chi connectivity index (χ4v) is 3.20. The van der Waals surface area contributed by atoms with Crippen molar-refractivity contribution >= 4 is 23.4 Å². The number of rotatable bonds is 6. The van der Waals surface area contributed by atoms with Crippen LogP contribution in [-0.4, -0.2) is 41.2 Å². The Bertz CT molecular complexity index is 827. The number of aryl methyl sites for hydroxylation is 1. The third kappa shape index (κ3) is 5.81. The Morgan fingerprint density at radius 2 is 1.45 bits per heavy atom. The van der Waals surface area contributed by atoms with Gasteiger partial charge in [-0.1, -0.05) is 37.1 Å². The first-order valence-corrected chi connectivity index (χ1v) is 10.1. The topological polar surface area (TPSA) is 49.9 Å². The van der Waals surface area contributed by atoms with E-state index in [9.17, 15) is 9.59 Å². The number of hydrogen-bond donors (Lipinski definition) is 0. The molecule has 0 bridgehead atoms. The first kappa shape index (κ1) is 22.9. The van der Waals surface area contributed by atoms with Crippen LogP contribution in [0.2, 0.25) is 5.02 Å². The maximum Gasteiger partial charge on any atom is 0.274 e. The second-order valence-electron chi connectivity index (χ2n) is 7.86. The molecule has 0 aliphatic rings. The van der Waals surface area contributed by atoms with Crippen molar-refractivity contribution in [2.45, 2.75) is 46.1 Å². The smallest absolute Gasteiger partial charge is 0.274 e. The lowest BCUT2D eigenvalue weighted by molar-refractivity contribution is -0.0863. The molecule has 6 heteroatoms. The van der Waals surface area contributed by atoms with Crippen LogP contribution in [0.3, 0.4) is 0 Å². The largest absolute Gasteiger partial charge is 0.362 e. The lowest BCUT2D eigenvalue weighted by Crippen LogP contribution is -2.58. The van der Waals surface area contributed by atoms with E-state index in [1.165, 1.54) is 22.7 Å². The number of methoxy groups -OCH3 is 1. The van der Waals surface area contributed by atoms with Crippen molar-refractivity contribution < 1.29 is 14.3 Å². The van der Waals surface area contributed by atoms with Crippen LogP contribution in [0, 0.1) is 0 Å². The van der Waals surface area contributed by atoms with E-state index in [0.29, 0.717) is 16.1 Å². The molecule has 0 N–H and O–H groups in total. The summed E-state index contributed by atoms with van der Waals surface area (Å²) in [6, 6.07) is 14.1. The average Bonchev–Trinajstić information content (AvgIpc) is 2.67. The summed E-state index contributed by atoms with van der Waals surface area (Å²) in [6.07, 6.45) is 2.00. The molecular weight excluding hydrogens is 388 g/mol. The number of benzene rings is 2. The van der Waals surface area contributed by atoms with Crippen LogP contribution < -0.4 is 0 Å². The molecule has 2 amide bonds.